The minimum absolute atomic E-state index is 0.148. The lowest BCUT2D eigenvalue weighted by Gasteiger charge is -2.32. The minimum atomic E-state index is -2.14. The molecule has 7 nitrogen and oxygen atoms in total. The van der Waals surface area contributed by atoms with Crippen molar-refractivity contribution in [3.63, 3.8) is 0 Å². The van der Waals surface area contributed by atoms with Gasteiger partial charge >= 0.3 is 0 Å². The number of carbonyl (C=O) groups excluding carboxylic acids is 1. The predicted octanol–water partition coefficient (Wildman–Crippen LogP) is 3.80. The number of benzene rings is 1. The number of hydrogen-bond donors (Lipinski definition) is 1. The van der Waals surface area contributed by atoms with Gasteiger partial charge in [-0.2, -0.15) is 0 Å². The zero-order chi connectivity index (χ0) is 21.5. The fourth-order valence-electron chi connectivity index (χ4n) is 3.55. The van der Waals surface area contributed by atoms with Crippen LogP contribution in [0.4, 0.5) is 16.0 Å². The van der Waals surface area contributed by atoms with Crippen LogP contribution in [0.3, 0.4) is 0 Å². The predicted molar refractivity (Wildman–Crippen MR) is 117 cm³/mol. The maximum atomic E-state index is 14.4. The van der Waals surface area contributed by atoms with Crippen molar-refractivity contribution in [3.8, 4) is 0 Å². The second-order valence-corrected chi connectivity index (χ2v) is 11.9. The average Bonchev–Trinajstić information content (AvgIpc) is 2.73. The molecule has 3 heterocycles. The van der Waals surface area contributed by atoms with Crippen LogP contribution < -0.4 is 10.2 Å². The highest BCUT2D eigenvalue weighted by Gasteiger charge is 2.30. The van der Waals surface area contributed by atoms with Crippen LogP contribution >= 0.6 is 30.3 Å². The molecule has 2 aromatic rings. The summed E-state index contributed by atoms with van der Waals surface area (Å²) in [4.78, 5) is 25.3. The number of aromatic nitrogens is 2. The molecule has 1 amide bonds. The molecule has 1 saturated heterocycles. The van der Waals surface area contributed by atoms with Gasteiger partial charge in [-0.3, -0.25) is 4.79 Å². The van der Waals surface area contributed by atoms with E-state index in [9.17, 15) is 13.8 Å². The molecule has 2 aliphatic heterocycles. The molecule has 4 rings (SSSR count). The van der Waals surface area contributed by atoms with Crippen LogP contribution in [0.1, 0.15) is 16.1 Å². The fourth-order valence-corrected chi connectivity index (χ4v) is 5.50. The average molecular weight is 472 g/mol. The number of halogens is 3. The van der Waals surface area contributed by atoms with Crippen molar-refractivity contribution in [1.29, 1.82) is 0 Å². The highest BCUT2D eigenvalue weighted by molar-refractivity contribution is 7.63. The van der Waals surface area contributed by atoms with Gasteiger partial charge in [0.05, 0.1) is 23.4 Å². The first-order valence-corrected chi connectivity index (χ1v) is 12.9. The summed E-state index contributed by atoms with van der Waals surface area (Å²) in [6.07, 6.45) is 2.46. The summed E-state index contributed by atoms with van der Waals surface area (Å²) in [6, 6.07) is 2.69. The summed E-state index contributed by atoms with van der Waals surface area (Å²) in [7, 11) is -2.14. The van der Waals surface area contributed by atoms with Crippen molar-refractivity contribution < 1.29 is 13.8 Å². The van der Waals surface area contributed by atoms with Crippen LogP contribution in [-0.2, 0) is 11.1 Å². The van der Waals surface area contributed by atoms with E-state index >= 15 is 0 Å². The van der Waals surface area contributed by atoms with Gasteiger partial charge in [-0.25, -0.2) is 14.4 Å². The molecule has 0 atom stereocenters. The number of rotatable bonds is 3. The molecule has 0 bridgehead atoms. The number of nitrogens with zero attached hydrogens (tertiary/aromatic N) is 4. The molecule has 0 spiro atoms. The van der Waals surface area contributed by atoms with Gasteiger partial charge in [-0.05, 0) is 18.8 Å². The van der Waals surface area contributed by atoms with Crippen molar-refractivity contribution in [2.75, 3.05) is 55.4 Å². The maximum absolute atomic E-state index is 14.4. The van der Waals surface area contributed by atoms with Crippen LogP contribution in [0, 0.1) is 5.82 Å². The third-order valence-electron chi connectivity index (χ3n) is 5.41. The summed E-state index contributed by atoms with van der Waals surface area (Å²) in [6.45, 7) is 3.93. The van der Waals surface area contributed by atoms with E-state index in [4.69, 9.17) is 23.2 Å². The molecule has 0 saturated carbocycles. The Labute approximate surface area is 183 Å². The Morgan fingerprint density at radius 1 is 1.27 bits per heavy atom. The van der Waals surface area contributed by atoms with E-state index in [0.29, 0.717) is 50.1 Å². The smallest absolute Gasteiger partial charge is 0.274 e. The molecule has 0 unspecified atom stereocenters. The van der Waals surface area contributed by atoms with Crippen molar-refractivity contribution >= 4 is 47.9 Å². The monoisotopic (exact) mass is 471 g/mol. The number of amides is 1. The van der Waals surface area contributed by atoms with E-state index < -0.39 is 13.0 Å². The second-order valence-electron chi connectivity index (χ2n) is 7.63. The lowest BCUT2D eigenvalue weighted by molar-refractivity contribution is 0.0763. The van der Waals surface area contributed by atoms with E-state index in [1.165, 1.54) is 18.3 Å². The van der Waals surface area contributed by atoms with E-state index in [1.807, 2.05) is 4.90 Å². The topological polar surface area (TPSA) is 78.4 Å². The van der Waals surface area contributed by atoms with Crippen LogP contribution in [-0.4, -0.2) is 65.9 Å². The van der Waals surface area contributed by atoms with Crippen molar-refractivity contribution in [2.45, 2.75) is 6.54 Å². The fraction of sp³-hybridized carbons (Fsp3) is 0.421. The van der Waals surface area contributed by atoms with Crippen molar-refractivity contribution in [2.24, 2.45) is 0 Å². The molecule has 2 aliphatic rings. The van der Waals surface area contributed by atoms with Crippen LogP contribution in [0.5, 0.6) is 0 Å². The first kappa shape index (κ1) is 21.3. The van der Waals surface area contributed by atoms with Gasteiger partial charge in [0.25, 0.3) is 5.91 Å². The van der Waals surface area contributed by atoms with Crippen LogP contribution in [0.2, 0.25) is 10.0 Å². The molecule has 1 fully saturated rings. The van der Waals surface area contributed by atoms with E-state index in [-0.39, 0.29) is 33.8 Å². The number of hydrogen-bond acceptors (Lipinski definition) is 6. The molecule has 1 aromatic heterocycles. The highest BCUT2D eigenvalue weighted by atomic mass is 35.5. The van der Waals surface area contributed by atoms with E-state index in [2.05, 4.69) is 15.3 Å². The van der Waals surface area contributed by atoms with Gasteiger partial charge < -0.3 is 19.7 Å². The first-order valence-electron chi connectivity index (χ1n) is 9.58. The molecular formula is C19H21Cl2FN5O2P. The molecule has 0 radical (unpaired) electrons. The van der Waals surface area contributed by atoms with Crippen LogP contribution in [0.25, 0.3) is 0 Å². The Bertz CT molecular complexity index is 1040. The largest absolute Gasteiger partial charge is 0.365 e. The summed E-state index contributed by atoms with van der Waals surface area (Å²) >= 11 is 12.3. The molecule has 0 aliphatic carbocycles. The lowest BCUT2D eigenvalue weighted by Crippen LogP contribution is -2.40. The maximum Gasteiger partial charge on any atom is 0.274 e. The van der Waals surface area contributed by atoms with E-state index in [1.54, 1.807) is 11.6 Å². The standard InChI is InChI=1S/C19H21Cl2FN5O2P/c1-30(29)8-6-26(7-9-30)19(28)15-10-24-17-18(25-15)27(5-4-23-17)11-12-14(22)3-2-13(20)16(12)21/h2-3,10H,4-9,11H2,1H3,(H,23,24). The molecule has 30 heavy (non-hydrogen) atoms. The molecule has 1 N–H and O–H groups in total. The van der Waals surface area contributed by atoms with Crippen molar-refractivity contribution in [1.82, 2.24) is 14.9 Å². The molecule has 160 valence electrons. The van der Waals surface area contributed by atoms with Gasteiger partial charge in [0.15, 0.2) is 11.6 Å². The van der Waals surface area contributed by atoms with Gasteiger partial charge in [-0.15, -0.1) is 0 Å². The quantitative estimate of drug-likeness (QED) is 0.541. The second kappa shape index (κ2) is 8.33. The Kier molecular flexibility index (Phi) is 5.93. The summed E-state index contributed by atoms with van der Waals surface area (Å²) in [5.74, 6) is 0.276. The molecule has 11 heteroatoms. The number of nitrogens with one attached hydrogen (secondary N) is 1. The first-order chi connectivity index (χ1) is 14.2. The highest BCUT2D eigenvalue weighted by Crippen LogP contribution is 2.43. The number of anilines is 2. The SMILES string of the molecule is CP1(=O)CCN(C(=O)c2cnc3c(n2)N(Cc2c(F)ccc(Cl)c2Cl)CCN3)CC1. The van der Waals surface area contributed by atoms with Crippen molar-refractivity contribution in [3.05, 3.63) is 45.4 Å². The number of carbonyl (C=O) groups is 1. The summed E-state index contributed by atoms with van der Waals surface area (Å²) in [5.41, 5.74) is 0.471. The zero-order valence-electron chi connectivity index (χ0n) is 16.4. The Morgan fingerprint density at radius 3 is 2.73 bits per heavy atom. The molecular weight excluding hydrogens is 451 g/mol. The molecule has 1 aromatic carbocycles. The van der Waals surface area contributed by atoms with E-state index in [0.717, 1.165) is 0 Å². The van der Waals surface area contributed by atoms with Gasteiger partial charge in [0.2, 0.25) is 0 Å². The number of fused-ring (bicyclic) bond motifs is 1. The lowest BCUT2D eigenvalue weighted by atomic mass is 10.2. The van der Waals surface area contributed by atoms with Gasteiger partial charge in [0.1, 0.15) is 11.5 Å². The van der Waals surface area contributed by atoms with Gasteiger partial charge in [-0.1, -0.05) is 23.2 Å². The normalized spacial score (nSPS) is 18.0. The zero-order valence-corrected chi connectivity index (χ0v) is 18.8. The third kappa shape index (κ3) is 4.27. The summed E-state index contributed by atoms with van der Waals surface area (Å²) in [5, 5.41) is 3.58. The summed E-state index contributed by atoms with van der Waals surface area (Å²) < 4.78 is 26.6. The minimum Gasteiger partial charge on any atom is -0.365 e. The van der Waals surface area contributed by atoms with Gasteiger partial charge in [0, 0.05) is 50.6 Å². The third-order valence-corrected chi connectivity index (χ3v) is 8.54. The Morgan fingerprint density at radius 2 is 2.00 bits per heavy atom. The van der Waals surface area contributed by atoms with Crippen LogP contribution in [0.15, 0.2) is 18.3 Å². The Balaban J connectivity index is 1.60. The Hall–Kier alpha value is -1.89.